The second-order valence-corrected chi connectivity index (χ2v) is 5.65. The van der Waals surface area contributed by atoms with E-state index in [2.05, 4.69) is 0 Å². The second-order valence-electron chi connectivity index (χ2n) is 5.24. The first-order valence-electron chi connectivity index (χ1n) is 7.12. The summed E-state index contributed by atoms with van der Waals surface area (Å²) in [6, 6.07) is 14.8. The fourth-order valence-corrected chi connectivity index (χ4v) is 2.64. The number of benzene rings is 3. The number of nitro benzene ring substituents is 1. The molecule has 3 aromatic carbocycles. The number of halogens is 1. The molecule has 0 aliphatic rings. The van der Waals surface area contributed by atoms with E-state index in [-0.39, 0.29) is 11.3 Å². The molecule has 0 aliphatic heterocycles. The fourth-order valence-electron chi connectivity index (χ4n) is 2.42. The molecule has 0 fully saturated rings. The number of nitrogens with zero attached hydrogens (tertiary/aromatic N) is 1. The first-order chi connectivity index (χ1) is 11.5. The number of fused-ring (bicyclic) bond motifs is 1. The molecule has 0 radical (unpaired) electrons. The SMILES string of the molecule is Cc1ccc(C(=O)Oc2ccc(Cl)c3ccccc23)cc1[N+](=O)[O-]. The second kappa shape index (κ2) is 6.29. The van der Waals surface area contributed by atoms with Crippen molar-refractivity contribution in [1.82, 2.24) is 0 Å². The van der Waals surface area contributed by atoms with E-state index in [1.165, 1.54) is 18.2 Å². The van der Waals surface area contributed by atoms with E-state index in [9.17, 15) is 14.9 Å². The van der Waals surface area contributed by atoms with Crippen molar-refractivity contribution >= 4 is 34.0 Å². The molecule has 5 nitrogen and oxygen atoms in total. The maximum Gasteiger partial charge on any atom is 0.343 e. The molecule has 0 unspecified atom stereocenters. The summed E-state index contributed by atoms with van der Waals surface area (Å²) >= 11 is 6.14. The molecule has 0 saturated heterocycles. The summed E-state index contributed by atoms with van der Waals surface area (Å²) in [7, 11) is 0. The normalized spacial score (nSPS) is 10.6. The number of hydrogen-bond acceptors (Lipinski definition) is 4. The summed E-state index contributed by atoms with van der Waals surface area (Å²) < 4.78 is 5.42. The minimum Gasteiger partial charge on any atom is -0.422 e. The highest BCUT2D eigenvalue weighted by Gasteiger charge is 2.17. The van der Waals surface area contributed by atoms with Crippen molar-refractivity contribution < 1.29 is 14.5 Å². The van der Waals surface area contributed by atoms with Gasteiger partial charge in [0.1, 0.15) is 5.75 Å². The molecule has 24 heavy (non-hydrogen) atoms. The molecule has 0 bridgehead atoms. The summed E-state index contributed by atoms with van der Waals surface area (Å²) in [4.78, 5) is 22.8. The maximum absolute atomic E-state index is 12.4. The van der Waals surface area contributed by atoms with Crippen LogP contribution >= 0.6 is 11.6 Å². The van der Waals surface area contributed by atoms with Crippen LogP contribution in [0.4, 0.5) is 5.69 Å². The highest BCUT2D eigenvalue weighted by atomic mass is 35.5. The number of carbonyl (C=O) groups excluding carboxylic acids is 1. The molecule has 0 N–H and O–H groups in total. The van der Waals surface area contributed by atoms with Crippen molar-refractivity contribution in [2.75, 3.05) is 0 Å². The summed E-state index contributed by atoms with van der Waals surface area (Å²) in [6.07, 6.45) is 0. The standard InChI is InChI=1S/C18H12ClNO4/c1-11-6-7-12(10-16(11)20(22)23)18(21)24-17-9-8-15(19)13-4-2-3-5-14(13)17/h2-10H,1H3. The summed E-state index contributed by atoms with van der Waals surface area (Å²) in [5.41, 5.74) is 0.477. The first-order valence-corrected chi connectivity index (χ1v) is 7.49. The predicted octanol–water partition coefficient (Wildman–Crippen LogP) is 4.93. The molecule has 6 heteroatoms. The van der Waals surface area contributed by atoms with E-state index in [1.807, 2.05) is 18.2 Å². The van der Waals surface area contributed by atoms with Crippen LogP contribution in [0.5, 0.6) is 5.75 Å². The van der Waals surface area contributed by atoms with Gasteiger partial charge in [-0.2, -0.15) is 0 Å². The van der Waals surface area contributed by atoms with E-state index in [4.69, 9.17) is 16.3 Å². The Labute approximate surface area is 142 Å². The minimum atomic E-state index is -0.662. The van der Waals surface area contributed by atoms with E-state index in [0.29, 0.717) is 21.7 Å². The van der Waals surface area contributed by atoms with Gasteiger partial charge in [0.25, 0.3) is 5.69 Å². The van der Waals surface area contributed by atoms with Gasteiger partial charge in [-0.15, -0.1) is 0 Å². The number of rotatable bonds is 3. The number of esters is 1. The zero-order valence-electron chi connectivity index (χ0n) is 12.7. The van der Waals surface area contributed by atoms with Crippen molar-refractivity contribution in [3.8, 4) is 5.75 Å². The lowest BCUT2D eigenvalue weighted by Crippen LogP contribution is -2.09. The Bertz CT molecular complexity index is 968. The molecular weight excluding hydrogens is 330 g/mol. The molecule has 0 atom stereocenters. The molecule has 0 spiro atoms. The highest BCUT2D eigenvalue weighted by Crippen LogP contribution is 2.32. The molecule has 0 saturated carbocycles. The van der Waals surface area contributed by atoms with Crippen molar-refractivity contribution in [1.29, 1.82) is 0 Å². The Morgan fingerprint density at radius 1 is 1.08 bits per heavy atom. The topological polar surface area (TPSA) is 69.4 Å². The Morgan fingerprint density at radius 2 is 1.79 bits per heavy atom. The van der Waals surface area contributed by atoms with Crippen molar-refractivity contribution in [2.45, 2.75) is 6.92 Å². The number of aryl methyl sites for hydroxylation is 1. The van der Waals surface area contributed by atoms with Gasteiger partial charge in [0, 0.05) is 27.4 Å². The molecule has 0 aromatic heterocycles. The molecule has 0 aliphatic carbocycles. The van der Waals surface area contributed by atoms with E-state index < -0.39 is 10.9 Å². The lowest BCUT2D eigenvalue weighted by atomic mass is 10.1. The number of hydrogen-bond donors (Lipinski definition) is 0. The fraction of sp³-hybridized carbons (Fsp3) is 0.0556. The number of carbonyl (C=O) groups is 1. The third-order valence-electron chi connectivity index (χ3n) is 3.68. The average Bonchev–Trinajstić information content (AvgIpc) is 2.57. The molecule has 0 heterocycles. The predicted molar refractivity (Wildman–Crippen MR) is 91.7 cm³/mol. The van der Waals surface area contributed by atoms with Crippen LogP contribution in [0.3, 0.4) is 0 Å². The molecular formula is C18H12ClNO4. The molecule has 0 amide bonds. The quantitative estimate of drug-likeness (QED) is 0.293. The van der Waals surface area contributed by atoms with Crippen molar-refractivity contribution in [3.05, 3.63) is 80.9 Å². The molecule has 3 rings (SSSR count). The van der Waals surface area contributed by atoms with Gasteiger partial charge < -0.3 is 4.74 Å². The largest absolute Gasteiger partial charge is 0.422 e. The Hall–Kier alpha value is -2.92. The van der Waals surface area contributed by atoms with Gasteiger partial charge >= 0.3 is 5.97 Å². The van der Waals surface area contributed by atoms with Gasteiger partial charge in [0.05, 0.1) is 10.5 Å². The molecule has 120 valence electrons. The van der Waals surface area contributed by atoms with Crippen LogP contribution in [-0.4, -0.2) is 10.9 Å². The maximum atomic E-state index is 12.4. The van der Waals surface area contributed by atoms with Gasteiger partial charge in [-0.3, -0.25) is 10.1 Å². The zero-order valence-corrected chi connectivity index (χ0v) is 13.4. The Balaban J connectivity index is 1.98. The minimum absolute atomic E-state index is 0.117. The van der Waals surface area contributed by atoms with Crippen LogP contribution in [0.1, 0.15) is 15.9 Å². The summed E-state index contributed by atoms with van der Waals surface area (Å²) in [5.74, 6) is -0.311. The lowest BCUT2D eigenvalue weighted by Gasteiger charge is -2.09. The van der Waals surface area contributed by atoms with Crippen molar-refractivity contribution in [3.63, 3.8) is 0 Å². The lowest BCUT2D eigenvalue weighted by molar-refractivity contribution is -0.385. The average molecular weight is 342 g/mol. The number of nitro groups is 1. The van der Waals surface area contributed by atoms with Crippen LogP contribution < -0.4 is 4.74 Å². The third-order valence-corrected chi connectivity index (χ3v) is 4.00. The Kier molecular flexibility index (Phi) is 4.18. The highest BCUT2D eigenvalue weighted by molar-refractivity contribution is 6.35. The summed E-state index contributed by atoms with van der Waals surface area (Å²) in [5, 5.41) is 13.0. The first kappa shape index (κ1) is 16.0. The van der Waals surface area contributed by atoms with Crippen LogP contribution in [0, 0.1) is 17.0 Å². The van der Waals surface area contributed by atoms with Crippen molar-refractivity contribution in [2.24, 2.45) is 0 Å². The van der Waals surface area contributed by atoms with E-state index in [1.54, 1.807) is 25.1 Å². The van der Waals surface area contributed by atoms with Gasteiger partial charge in [-0.25, -0.2) is 4.79 Å². The van der Waals surface area contributed by atoms with E-state index >= 15 is 0 Å². The summed E-state index contributed by atoms with van der Waals surface area (Å²) in [6.45, 7) is 1.61. The third kappa shape index (κ3) is 2.94. The Morgan fingerprint density at radius 3 is 2.50 bits per heavy atom. The van der Waals surface area contributed by atoms with Gasteiger partial charge in [-0.05, 0) is 25.1 Å². The zero-order chi connectivity index (χ0) is 17.3. The van der Waals surface area contributed by atoms with Gasteiger partial charge in [0.15, 0.2) is 0 Å². The monoisotopic (exact) mass is 341 g/mol. The van der Waals surface area contributed by atoms with Crippen LogP contribution in [-0.2, 0) is 0 Å². The van der Waals surface area contributed by atoms with Crippen LogP contribution in [0.2, 0.25) is 5.02 Å². The van der Waals surface area contributed by atoms with Gasteiger partial charge in [0.2, 0.25) is 0 Å². The van der Waals surface area contributed by atoms with Crippen LogP contribution in [0.15, 0.2) is 54.6 Å². The van der Waals surface area contributed by atoms with Crippen LogP contribution in [0.25, 0.3) is 10.8 Å². The van der Waals surface area contributed by atoms with E-state index in [0.717, 1.165) is 5.39 Å². The number of ether oxygens (including phenoxy) is 1. The van der Waals surface area contributed by atoms with Gasteiger partial charge in [-0.1, -0.05) is 41.9 Å². The smallest absolute Gasteiger partial charge is 0.343 e. The molecule has 3 aromatic rings.